The van der Waals surface area contributed by atoms with Crippen molar-refractivity contribution in [2.45, 2.75) is 65.9 Å². The van der Waals surface area contributed by atoms with Gasteiger partial charge in [-0.1, -0.05) is 44.9 Å². The number of nitrogens with one attached hydrogen (secondary N) is 1. The average molecular weight is 314 g/mol. The normalized spacial score (nSPS) is 15.9. The van der Waals surface area contributed by atoms with Gasteiger partial charge in [0.25, 0.3) is 0 Å². The number of benzene rings is 1. The summed E-state index contributed by atoms with van der Waals surface area (Å²) in [6.07, 6.45) is 2.43. The molecule has 0 atom stereocenters. The molecular weight excluding hydrogens is 287 g/mol. The van der Waals surface area contributed by atoms with E-state index >= 15 is 0 Å². The molecule has 0 saturated heterocycles. The molecule has 0 amide bonds. The van der Waals surface area contributed by atoms with E-state index in [0.717, 1.165) is 22.2 Å². The lowest BCUT2D eigenvalue weighted by Gasteiger charge is -2.40. The molecule has 3 rings (SSSR count). The highest BCUT2D eigenvalue weighted by Gasteiger charge is 2.36. The first kappa shape index (κ1) is 16.4. The molecule has 1 aliphatic rings. The zero-order valence-corrected chi connectivity index (χ0v) is 15.1. The Bertz CT molecular complexity index is 699. The Balaban J connectivity index is 1.84. The van der Waals surface area contributed by atoms with E-state index in [0.29, 0.717) is 6.04 Å². The fourth-order valence-corrected chi connectivity index (χ4v) is 2.42. The van der Waals surface area contributed by atoms with E-state index in [1.165, 1.54) is 12.8 Å². The van der Waals surface area contributed by atoms with Gasteiger partial charge in [0.05, 0.1) is 11.0 Å². The monoisotopic (exact) mass is 314 g/mol. The summed E-state index contributed by atoms with van der Waals surface area (Å²) in [5.74, 6) is 0.853. The minimum atomic E-state index is -0.217. The smallest absolute Gasteiger partial charge is 0.324 e. The summed E-state index contributed by atoms with van der Waals surface area (Å²) in [6.45, 7) is 13.1. The van der Waals surface area contributed by atoms with Gasteiger partial charge in [-0.05, 0) is 43.6 Å². The largest absolute Gasteiger partial charge is 0.426 e. The number of fused-ring (bicyclic) bond motifs is 1. The lowest BCUT2D eigenvalue weighted by atomic mass is 9.61. The Labute approximate surface area is 139 Å². The number of hydrogen-bond acceptors (Lipinski definition) is 4. The number of rotatable bonds is 5. The van der Waals surface area contributed by atoms with Crippen LogP contribution in [0.15, 0.2) is 22.7 Å². The highest BCUT2D eigenvalue weighted by molar-refractivity contribution is 6.66. The molecule has 0 bridgehead atoms. The Morgan fingerprint density at radius 2 is 1.91 bits per heavy atom. The molecular formula is C18H27BN2O2. The molecule has 0 aliphatic heterocycles. The third-order valence-electron chi connectivity index (χ3n) is 5.16. The van der Waals surface area contributed by atoms with Gasteiger partial charge in [0.1, 0.15) is 0 Å². The van der Waals surface area contributed by atoms with Crippen molar-refractivity contribution in [1.82, 2.24) is 5.16 Å². The molecule has 23 heavy (non-hydrogen) atoms. The van der Waals surface area contributed by atoms with Crippen LogP contribution in [0.4, 0.5) is 5.82 Å². The van der Waals surface area contributed by atoms with E-state index < -0.39 is 0 Å². The van der Waals surface area contributed by atoms with Gasteiger partial charge in [-0.15, -0.1) is 0 Å². The van der Waals surface area contributed by atoms with Crippen LogP contribution in [0.25, 0.3) is 11.0 Å². The SMILES string of the molecule is CB(OC(C)(C)C(C)(C)C)c1ccc2onc(NC3CC3)c2c1. The van der Waals surface area contributed by atoms with Crippen LogP contribution in [-0.4, -0.2) is 23.7 Å². The second kappa shape index (κ2) is 5.55. The van der Waals surface area contributed by atoms with Crippen LogP contribution in [-0.2, 0) is 4.65 Å². The number of aromatic nitrogens is 1. The van der Waals surface area contributed by atoms with Crippen molar-refractivity contribution >= 4 is 29.2 Å². The van der Waals surface area contributed by atoms with E-state index in [-0.39, 0.29) is 17.9 Å². The standard InChI is InChI=1S/C18H27BN2O2/c1-17(2,3)18(4,5)23-19(6)12-7-10-15-14(11-12)16(21-22-15)20-13-8-9-13/h7,10-11,13H,8-9H2,1-6H3,(H,20,21). The summed E-state index contributed by atoms with van der Waals surface area (Å²) in [4.78, 5) is 0. The molecule has 124 valence electrons. The lowest BCUT2D eigenvalue weighted by Crippen LogP contribution is -2.46. The predicted octanol–water partition coefficient (Wildman–Crippen LogP) is 4.07. The van der Waals surface area contributed by atoms with Crippen LogP contribution in [0.2, 0.25) is 6.82 Å². The van der Waals surface area contributed by atoms with Crippen LogP contribution in [0.5, 0.6) is 0 Å². The van der Waals surface area contributed by atoms with Crippen molar-refractivity contribution in [3.05, 3.63) is 18.2 Å². The zero-order chi connectivity index (χ0) is 16.8. The predicted molar refractivity (Wildman–Crippen MR) is 96.5 cm³/mol. The van der Waals surface area contributed by atoms with Crippen LogP contribution >= 0.6 is 0 Å². The first-order valence-corrected chi connectivity index (χ1v) is 8.51. The maximum atomic E-state index is 6.38. The molecule has 1 aromatic heterocycles. The molecule has 4 nitrogen and oxygen atoms in total. The Kier molecular flexibility index (Phi) is 3.95. The molecule has 1 N–H and O–H groups in total. The first-order valence-electron chi connectivity index (χ1n) is 8.51. The Morgan fingerprint density at radius 1 is 1.22 bits per heavy atom. The highest BCUT2D eigenvalue weighted by Crippen LogP contribution is 2.34. The molecule has 1 saturated carbocycles. The lowest BCUT2D eigenvalue weighted by molar-refractivity contribution is 0.000454. The minimum absolute atomic E-state index is 0.0114. The third kappa shape index (κ3) is 3.39. The van der Waals surface area contributed by atoms with Gasteiger partial charge < -0.3 is 14.5 Å². The molecule has 1 aromatic carbocycles. The van der Waals surface area contributed by atoms with Crippen LogP contribution in [0.1, 0.15) is 47.5 Å². The van der Waals surface area contributed by atoms with Gasteiger partial charge in [0.15, 0.2) is 11.4 Å². The van der Waals surface area contributed by atoms with Gasteiger partial charge in [0.2, 0.25) is 0 Å². The highest BCUT2D eigenvalue weighted by atomic mass is 16.5. The molecule has 1 heterocycles. The van der Waals surface area contributed by atoms with Gasteiger partial charge in [-0.3, -0.25) is 0 Å². The van der Waals surface area contributed by atoms with Crippen molar-refractivity contribution < 1.29 is 9.18 Å². The van der Waals surface area contributed by atoms with Gasteiger partial charge in [-0.2, -0.15) is 0 Å². The summed E-state index contributed by atoms with van der Waals surface area (Å²) in [6, 6.07) is 6.75. The number of anilines is 1. The summed E-state index contributed by atoms with van der Waals surface area (Å²) in [7, 11) is 0. The van der Waals surface area contributed by atoms with E-state index in [4.69, 9.17) is 9.18 Å². The fraction of sp³-hybridized carbons (Fsp3) is 0.611. The van der Waals surface area contributed by atoms with Crippen LogP contribution in [0, 0.1) is 5.41 Å². The number of nitrogens with zero attached hydrogens (tertiary/aromatic N) is 1. The first-order chi connectivity index (χ1) is 10.7. The van der Waals surface area contributed by atoms with E-state index in [1.54, 1.807) is 0 Å². The van der Waals surface area contributed by atoms with Gasteiger partial charge in [-0.25, -0.2) is 0 Å². The summed E-state index contributed by atoms with van der Waals surface area (Å²) >= 11 is 0. The van der Waals surface area contributed by atoms with Crippen molar-refractivity contribution in [3.8, 4) is 0 Å². The molecule has 5 heteroatoms. The fourth-order valence-electron chi connectivity index (χ4n) is 2.42. The quantitative estimate of drug-likeness (QED) is 0.845. The van der Waals surface area contributed by atoms with Crippen molar-refractivity contribution in [2.24, 2.45) is 5.41 Å². The van der Waals surface area contributed by atoms with E-state index in [9.17, 15) is 0 Å². The van der Waals surface area contributed by atoms with Gasteiger partial charge >= 0.3 is 6.92 Å². The zero-order valence-electron chi connectivity index (χ0n) is 15.1. The van der Waals surface area contributed by atoms with Crippen molar-refractivity contribution in [3.63, 3.8) is 0 Å². The third-order valence-corrected chi connectivity index (χ3v) is 5.16. The van der Waals surface area contributed by atoms with E-state index in [2.05, 4.69) is 64.0 Å². The van der Waals surface area contributed by atoms with Gasteiger partial charge in [0, 0.05) is 6.04 Å². The van der Waals surface area contributed by atoms with Crippen molar-refractivity contribution in [2.75, 3.05) is 5.32 Å². The minimum Gasteiger partial charge on any atom is -0.426 e. The summed E-state index contributed by atoms with van der Waals surface area (Å²) in [5, 5.41) is 8.63. The second-order valence-electron chi connectivity index (χ2n) is 8.23. The molecule has 2 aromatic rings. The Hall–Kier alpha value is -1.49. The number of hydrogen-bond donors (Lipinski definition) is 1. The molecule has 1 fully saturated rings. The molecule has 0 spiro atoms. The van der Waals surface area contributed by atoms with Crippen molar-refractivity contribution in [1.29, 1.82) is 0 Å². The maximum Gasteiger partial charge on any atom is 0.324 e. The topological polar surface area (TPSA) is 47.3 Å². The van der Waals surface area contributed by atoms with Crippen LogP contribution in [0.3, 0.4) is 0 Å². The Morgan fingerprint density at radius 3 is 2.52 bits per heavy atom. The maximum absolute atomic E-state index is 6.38. The molecule has 1 aliphatic carbocycles. The summed E-state index contributed by atoms with van der Waals surface area (Å²) in [5.41, 5.74) is 1.82. The second-order valence-corrected chi connectivity index (χ2v) is 8.23. The van der Waals surface area contributed by atoms with Crippen LogP contribution < -0.4 is 10.8 Å². The molecule has 0 radical (unpaired) electrons. The molecule has 0 unspecified atom stereocenters. The van der Waals surface area contributed by atoms with E-state index in [1.807, 2.05) is 6.07 Å². The average Bonchev–Trinajstić information content (AvgIpc) is 3.17. The summed E-state index contributed by atoms with van der Waals surface area (Å²) < 4.78 is 11.8.